The number of esters is 1. The van der Waals surface area contributed by atoms with E-state index in [1.54, 1.807) is 13.0 Å². The predicted molar refractivity (Wildman–Crippen MR) is 133 cm³/mol. The molecule has 198 valence electrons. The van der Waals surface area contributed by atoms with E-state index in [1.165, 1.54) is 19.1 Å². The van der Waals surface area contributed by atoms with Crippen LogP contribution in [0.4, 0.5) is 4.39 Å². The number of hydrogen-bond donors (Lipinski definition) is 1. The number of aliphatic hydroxyl groups is 1. The highest BCUT2D eigenvalue weighted by Gasteiger charge is 2.78. The molecule has 0 amide bonds. The van der Waals surface area contributed by atoms with Crippen molar-refractivity contribution in [1.29, 1.82) is 0 Å². The van der Waals surface area contributed by atoms with Crippen LogP contribution in [0.3, 0.4) is 0 Å². The number of fused-ring (bicyclic) bond motifs is 5. The van der Waals surface area contributed by atoms with Crippen LogP contribution >= 0.6 is 0 Å². The molecule has 5 nitrogen and oxygen atoms in total. The Morgan fingerprint density at radius 2 is 1.69 bits per heavy atom. The van der Waals surface area contributed by atoms with Crippen LogP contribution in [-0.4, -0.2) is 40.0 Å². The molecule has 0 aromatic rings. The van der Waals surface area contributed by atoms with Crippen LogP contribution in [-0.2, 0) is 19.1 Å². The van der Waals surface area contributed by atoms with Crippen molar-refractivity contribution in [2.75, 3.05) is 0 Å². The summed E-state index contributed by atoms with van der Waals surface area (Å²) in [5.74, 6) is -2.14. The first-order valence-electron chi connectivity index (χ1n) is 13.5. The monoisotopic (exact) mass is 500 g/mol. The Balaban J connectivity index is 1.57. The molecule has 0 saturated heterocycles. The van der Waals surface area contributed by atoms with Crippen molar-refractivity contribution in [1.82, 2.24) is 0 Å². The van der Waals surface area contributed by atoms with Crippen molar-refractivity contribution in [3.05, 3.63) is 23.8 Å². The number of alkyl halides is 1. The fourth-order valence-corrected chi connectivity index (χ4v) is 9.57. The van der Waals surface area contributed by atoms with Gasteiger partial charge in [-0.25, -0.2) is 4.39 Å². The highest BCUT2D eigenvalue weighted by atomic mass is 19.1. The molecular formula is C30H41FO5. The topological polar surface area (TPSA) is 80.7 Å². The molecule has 1 N–H and O–H groups in total. The number of rotatable bonds is 3. The van der Waals surface area contributed by atoms with E-state index >= 15 is 4.39 Å². The predicted octanol–water partition coefficient (Wildman–Crippen LogP) is 5.16. The van der Waals surface area contributed by atoms with Crippen molar-refractivity contribution in [3.63, 3.8) is 0 Å². The Kier molecular flexibility index (Phi) is 5.15. The molecule has 4 fully saturated rings. The van der Waals surface area contributed by atoms with Gasteiger partial charge in [0.15, 0.2) is 22.8 Å². The molecule has 0 aliphatic heterocycles. The molecule has 0 spiro atoms. The lowest BCUT2D eigenvalue weighted by Crippen LogP contribution is -2.69. The molecule has 36 heavy (non-hydrogen) atoms. The van der Waals surface area contributed by atoms with Crippen molar-refractivity contribution >= 4 is 17.5 Å². The maximum absolute atomic E-state index is 17.4. The minimum atomic E-state index is -1.98. The van der Waals surface area contributed by atoms with E-state index in [0.29, 0.717) is 19.3 Å². The van der Waals surface area contributed by atoms with E-state index in [4.69, 9.17) is 4.74 Å². The van der Waals surface area contributed by atoms with E-state index in [0.717, 1.165) is 5.57 Å². The van der Waals surface area contributed by atoms with Gasteiger partial charge in [0.25, 0.3) is 0 Å². The van der Waals surface area contributed by atoms with Gasteiger partial charge in [0.05, 0.1) is 12.0 Å². The minimum Gasteiger partial charge on any atom is -0.450 e. The molecule has 0 heterocycles. The van der Waals surface area contributed by atoms with E-state index in [2.05, 4.69) is 0 Å². The normalized spacial score (nSPS) is 48.4. The summed E-state index contributed by atoms with van der Waals surface area (Å²) in [6.45, 7) is 15.3. The van der Waals surface area contributed by atoms with Crippen molar-refractivity contribution in [3.8, 4) is 0 Å². The van der Waals surface area contributed by atoms with E-state index in [9.17, 15) is 19.5 Å². The summed E-state index contributed by atoms with van der Waals surface area (Å²) in [5, 5.41) is 11.6. The number of ether oxygens (including phenoxy) is 1. The Hall–Kier alpha value is -1.82. The number of ketones is 2. The summed E-state index contributed by atoms with van der Waals surface area (Å²) in [4.78, 5) is 39.2. The summed E-state index contributed by atoms with van der Waals surface area (Å²) >= 11 is 0. The van der Waals surface area contributed by atoms with E-state index in [-0.39, 0.29) is 52.5 Å². The molecule has 4 saturated carbocycles. The van der Waals surface area contributed by atoms with Gasteiger partial charge in [-0.05, 0) is 68.4 Å². The number of hydrogen-bond acceptors (Lipinski definition) is 5. The summed E-state index contributed by atoms with van der Waals surface area (Å²) in [5.41, 5.74) is -5.14. The first-order valence-corrected chi connectivity index (χ1v) is 13.5. The Labute approximate surface area is 213 Å². The Bertz CT molecular complexity index is 1100. The Morgan fingerprint density at radius 3 is 2.25 bits per heavy atom. The van der Waals surface area contributed by atoms with Crippen LogP contribution < -0.4 is 0 Å². The number of aliphatic hydroxyl groups excluding tert-OH is 1. The molecule has 6 heteroatoms. The number of allylic oxidation sites excluding steroid dienone is 4. The maximum atomic E-state index is 17.4. The SMILES string of the molecule is CC(=O)[C@@]1(OC(=O)C2C(C)(C)C2(C)C)[C@H](C)C[C@H]2[C@@H]3CCC4=CC(=O)C=C[C@]4(C)[C@@]3(F)[C@@H](O)C[C@@]21C. The molecule has 0 aromatic heterocycles. The summed E-state index contributed by atoms with van der Waals surface area (Å²) < 4.78 is 23.8. The molecule has 5 rings (SSSR count). The molecule has 0 unspecified atom stereocenters. The fourth-order valence-electron chi connectivity index (χ4n) is 9.57. The van der Waals surface area contributed by atoms with Gasteiger partial charge in [-0.1, -0.05) is 53.2 Å². The average molecular weight is 501 g/mol. The molecule has 0 radical (unpaired) electrons. The van der Waals surface area contributed by atoms with Gasteiger partial charge >= 0.3 is 5.97 Å². The zero-order valence-electron chi connectivity index (χ0n) is 22.9. The average Bonchev–Trinajstić information content (AvgIpc) is 3.06. The zero-order chi connectivity index (χ0) is 26.9. The van der Waals surface area contributed by atoms with Crippen LogP contribution in [0.1, 0.15) is 81.1 Å². The first-order chi connectivity index (χ1) is 16.4. The minimum absolute atomic E-state index is 0.0178. The summed E-state index contributed by atoms with van der Waals surface area (Å²) in [6, 6.07) is 0. The van der Waals surface area contributed by atoms with Gasteiger partial charge in [-0.3, -0.25) is 14.4 Å². The van der Waals surface area contributed by atoms with Gasteiger partial charge in [0.1, 0.15) is 0 Å². The van der Waals surface area contributed by atoms with E-state index < -0.39 is 34.1 Å². The van der Waals surface area contributed by atoms with Crippen LogP contribution in [0.25, 0.3) is 0 Å². The van der Waals surface area contributed by atoms with Crippen molar-refractivity contribution < 1.29 is 28.6 Å². The molecule has 8 atom stereocenters. The largest absolute Gasteiger partial charge is 0.450 e. The highest BCUT2D eigenvalue weighted by Crippen LogP contribution is 2.73. The van der Waals surface area contributed by atoms with Gasteiger partial charge in [0.2, 0.25) is 0 Å². The van der Waals surface area contributed by atoms with Crippen LogP contribution in [0.2, 0.25) is 0 Å². The second-order valence-corrected chi connectivity index (χ2v) is 14.0. The third kappa shape index (κ3) is 2.67. The maximum Gasteiger partial charge on any atom is 0.311 e. The van der Waals surface area contributed by atoms with E-state index in [1.807, 2.05) is 41.5 Å². The first kappa shape index (κ1) is 25.8. The second kappa shape index (κ2) is 7.18. The van der Waals surface area contributed by atoms with Gasteiger partial charge in [-0.2, -0.15) is 0 Å². The quantitative estimate of drug-likeness (QED) is 0.542. The number of carbonyl (C=O) groups excluding carboxylic acids is 3. The molecular weight excluding hydrogens is 459 g/mol. The molecule has 0 aromatic carbocycles. The number of carbonyl (C=O) groups is 3. The molecule has 5 aliphatic carbocycles. The third-order valence-corrected chi connectivity index (χ3v) is 12.2. The van der Waals surface area contributed by atoms with Crippen LogP contribution in [0, 0.1) is 45.3 Å². The molecule has 0 bridgehead atoms. The summed E-state index contributed by atoms with van der Waals surface area (Å²) in [7, 11) is 0. The highest BCUT2D eigenvalue weighted by molar-refractivity contribution is 6.01. The third-order valence-electron chi connectivity index (χ3n) is 12.2. The van der Waals surface area contributed by atoms with Crippen molar-refractivity contribution in [2.45, 2.75) is 98.4 Å². The standard InChI is InChI=1S/C30H41FO5/c1-16-13-21-20-10-9-18-14-19(33)11-12-27(18,7)29(20,31)22(34)15-28(21,8)30(16,17(2)32)36-24(35)23-25(3,4)26(23,5)6/h11-12,14,16,20-23,34H,9-10,13,15H2,1-8H3/t16-,20+,21+,22+,27+,28+,29+,30+/m1/s1. The van der Waals surface area contributed by atoms with Gasteiger partial charge < -0.3 is 9.84 Å². The summed E-state index contributed by atoms with van der Waals surface area (Å²) in [6.07, 6.45) is 4.80. The lowest BCUT2D eigenvalue weighted by Gasteiger charge is -2.62. The smallest absolute Gasteiger partial charge is 0.311 e. The second-order valence-electron chi connectivity index (χ2n) is 14.0. The lowest BCUT2D eigenvalue weighted by molar-refractivity contribution is -0.228. The van der Waals surface area contributed by atoms with Crippen LogP contribution in [0.15, 0.2) is 23.8 Å². The number of Topliss-reactive ketones (excluding diaryl/α,β-unsaturated/α-hetero) is 1. The van der Waals surface area contributed by atoms with Gasteiger partial charge in [-0.15, -0.1) is 0 Å². The number of halogens is 1. The van der Waals surface area contributed by atoms with Gasteiger partial charge in [0, 0.05) is 22.7 Å². The Morgan fingerprint density at radius 1 is 1.08 bits per heavy atom. The van der Waals surface area contributed by atoms with Crippen molar-refractivity contribution in [2.24, 2.45) is 45.3 Å². The zero-order valence-corrected chi connectivity index (χ0v) is 22.9. The molecule has 5 aliphatic rings. The lowest BCUT2D eigenvalue weighted by atomic mass is 9.44. The van der Waals surface area contributed by atoms with Crippen LogP contribution in [0.5, 0.6) is 0 Å². The fraction of sp³-hybridized carbons (Fsp3) is 0.767.